The van der Waals surface area contributed by atoms with E-state index in [9.17, 15) is 9.90 Å². The lowest BCUT2D eigenvalue weighted by molar-refractivity contribution is -0.132. The number of carbonyl (C=O) groups excluding carboxylic acids is 1. The maximum absolute atomic E-state index is 13.1. The molecule has 0 spiro atoms. The molecule has 1 heterocycles. The van der Waals surface area contributed by atoms with Gasteiger partial charge in [0.05, 0.1) is 12.1 Å². The number of nitrogens with zero attached hydrogens (tertiary/aromatic N) is 1. The molecule has 1 aromatic carbocycles. The Bertz CT molecular complexity index is 679. The summed E-state index contributed by atoms with van der Waals surface area (Å²) in [5.41, 5.74) is 6.08. The number of nitrogens with one attached hydrogen (secondary N) is 1. The van der Waals surface area contributed by atoms with Crippen LogP contribution in [0, 0.1) is 11.8 Å². The molecule has 2 aliphatic rings. The summed E-state index contributed by atoms with van der Waals surface area (Å²) in [6, 6.07) is 9.64. The Balaban J connectivity index is 1.62. The first-order chi connectivity index (χ1) is 14.2. The van der Waals surface area contributed by atoms with Crippen molar-refractivity contribution in [3.63, 3.8) is 0 Å². The van der Waals surface area contributed by atoms with Gasteiger partial charge in [0.25, 0.3) is 0 Å². The van der Waals surface area contributed by atoms with Crippen molar-refractivity contribution in [3.05, 3.63) is 30.3 Å². The number of aliphatic hydroxyl groups is 1. The molecule has 5 atom stereocenters. The first kappa shape index (κ1) is 23.6. The summed E-state index contributed by atoms with van der Waals surface area (Å²) in [6.07, 6.45) is 5.27. The molecule has 30 heavy (non-hydrogen) atoms. The van der Waals surface area contributed by atoms with Gasteiger partial charge in [0.15, 0.2) is 0 Å². The second-order valence-electron chi connectivity index (χ2n) is 10.1. The lowest BCUT2D eigenvalue weighted by Gasteiger charge is -2.46. The van der Waals surface area contributed by atoms with Crippen LogP contribution in [-0.4, -0.2) is 58.5 Å². The molecule has 1 aliphatic carbocycles. The number of rotatable bonds is 7. The highest BCUT2D eigenvalue weighted by Gasteiger charge is 2.41. The van der Waals surface area contributed by atoms with E-state index in [1.807, 2.05) is 39.0 Å². The minimum absolute atomic E-state index is 0.0888. The van der Waals surface area contributed by atoms with E-state index < -0.39 is 6.10 Å². The Labute approximate surface area is 186 Å². The van der Waals surface area contributed by atoms with Crippen LogP contribution in [0.5, 0.6) is 0 Å². The second kappa shape index (κ2) is 10.5. The number of hydrogen-bond donors (Lipinski definition) is 3. The number of aliphatic hydroxyl groups excluding tert-OH is 1. The number of piperidine rings is 1. The molecule has 6 heteroatoms. The average Bonchev–Trinajstić information content (AvgIpc) is 2.71. The van der Waals surface area contributed by atoms with Gasteiger partial charge in [-0.1, -0.05) is 37.5 Å². The van der Waals surface area contributed by atoms with Crippen LogP contribution in [-0.2, 0) is 4.79 Å². The molecular formula is C24H39N3O2S. The molecular weight excluding hydrogens is 394 g/mol. The molecule has 3 rings (SSSR count). The minimum Gasteiger partial charge on any atom is -0.390 e. The standard InChI is InChI=1S/C24H39N3O2S/c1-24(2,3)26-23(29)21-13-17-9-7-8-10-18(17)14-27(21)15-22(28)20(25)16-30-19-11-5-4-6-12-19/h4-6,11-12,17-18,20-22,28H,7-10,13-16,25H2,1-3H3,(H,26,29)/t17-,18+,20-,21?,22+/m0/s1. The predicted octanol–water partition coefficient (Wildman–Crippen LogP) is 3.26. The van der Waals surface area contributed by atoms with Crippen molar-refractivity contribution < 1.29 is 9.90 Å². The van der Waals surface area contributed by atoms with Crippen molar-refractivity contribution in [1.82, 2.24) is 10.2 Å². The molecule has 1 saturated heterocycles. The number of nitrogens with two attached hydrogens (primary N) is 1. The Morgan fingerprint density at radius 2 is 1.90 bits per heavy atom. The quantitative estimate of drug-likeness (QED) is 0.575. The minimum atomic E-state index is -0.647. The molecule has 2 fully saturated rings. The summed E-state index contributed by atoms with van der Waals surface area (Å²) < 4.78 is 0. The van der Waals surface area contributed by atoms with E-state index in [-0.39, 0.29) is 23.5 Å². The first-order valence-corrected chi connectivity index (χ1v) is 12.4. The van der Waals surface area contributed by atoms with Crippen LogP contribution < -0.4 is 11.1 Å². The van der Waals surface area contributed by atoms with Gasteiger partial charge in [-0.2, -0.15) is 0 Å². The molecule has 168 valence electrons. The third-order valence-corrected chi connectivity index (χ3v) is 7.56. The van der Waals surface area contributed by atoms with Crippen molar-refractivity contribution in [2.45, 2.75) is 81.5 Å². The van der Waals surface area contributed by atoms with E-state index in [1.54, 1.807) is 11.8 Å². The Morgan fingerprint density at radius 3 is 2.57 bits per heavy atom. The highest BCUT2D eigenvalue weighted by Crippen LogP contribution is 2.38. The number of likely N-dealkylation sites (tertiary alicyclic amines) is 1. The zero-order valence-electron chi connectivity index (χ0n) is 18.7. The number of thioether (sulfide) groups is 1. The Morgan fingerprint density at radius 1 is 1.23 bits per heavy atom. The lowest BCUT2D eigenvalue weighted by atomic mass is 9.72. The fraction of sp³-hybridized carbons (Fsp3) is 0.708. The summed E-state index contributed by atoms with van der Waals surface area (Å²) in [5.74, 6) is 2.01. The number of fused-ring (bicyclic) bond motifs is 1. The van der Waals surface area contributed by atoms with Crippen molar-refractivity contribution in [2.24, 2.45) is 17.6 Å². The summed E-state index contributed by atoms with van der Waals surface area (Å²) >= 11 is 1.67. The molecule has 0 aromatic heterocycles. The van der Waals surface area contributed by atoms with Crippen LogP contribution in [0.15, 0.2) is 35.2 Å². The summed E-state index contributed by atoms with van der Waals surface area (Å²) in [7, 11) is 0. The zero-order valence-corrected chi connectivity index (χ0v) is 19.5. The molecule has 0 radical (unpaired) electrons. The topological polar surface area (TPSA) is 78.6 Å². The van der Waals surface area contributed by atoms with Crippen LogP contribution >= 0.6 is 11.8 Å². The normalized spacial score (nSPS) is 27.2. The molecule has 1 amide bonds. The molecule has 1 unspecified atom stereocenters. The van der Waals surface area contributed by atoms with E-state index in [0.29, 0.717) is 24.1 Å². The van der Waals surface area contributed by atoms with Crippen molar-refractivity contribution in [3.8, 4) is 0 Å². The number of benzene rings is 1. The van der Waals surface area contributed by atoms with Crippen LogP contribution in [0.2, 0.25) is 0 Å². The van der Waals surface area contributed by atoms with Gasteiger partial charge in [-0.3, -0.25) is 9.69 Å². The SMILES string of the molecule is CC(C)(C)NC(=O)C1C[C@@H]2CCCC[C@@H]2CN1C[C@@H](O)[C@@H](N)CSc1ccccc1. The van der Waals surface area contributed by atoms with E-state index in [2.05, 4.69) is 22.3 Å². The van der Waals surface area contributed by atoms with Gasteiger partial charge in [-0.25, -0.2) is 0 Å². The molecule has 1 aromatic rings. The molecule has 4 N–H and O–H groups in total. The fourth-order valence-corrected chi connectivity index (χ4v) is 5.78. The van der Waals surface area contributed by atoms with E-state index >= 15 is 0 Å². The van der Waals surface area contributed by atoms with E-state index in [0.717, 1.165) is 17.9 Å². The number of carbonyl (C=O) groups is 1. The number of β-amino-alcohol motifs (C(OH)–C–C–N with tert-alkyl or cyclic N) is 1. The van der Waals surface area contributed by atoms with Gasteiger partial charge < -0.3 is 16.2 Å². The van der Waals surface area contributed by atoms with Gasteiger partial charge in [0.2, 0.25) is 5.91 Å². The number of hydrogen-bond acceptors (Lipinski definition) is 5. The Hall–Kier alpha value is -1.08. The molecule has 1 saturated carbocycles. The predicted molar refractivity (Wildman–Crippen MR) is 124 cm³/mol. The molecule has 0 bridgehead atoms. The monoisotopic (exact) mass is 433 g/mol. The zero-order chi connectivity index (χ0) is 21.7. The van der Waals surface area contributed by atoms with Gasteiger partial charge in [-0.15, -0.1) is 11.8 Å². The fourth-order valence-electron chi connectivity index (χ4n) is 4.82. The highest BCUT2D eigenvalue weighted by atomic mass is 32.2. The van der Waals surface area contributed by atoms with Crippen molar-refractivity contribution in [1.29, 1.82) is 0 Å². The van der Waals surface area contributed by atoms with Crippen molar-refractivity contribution in [2.75, 3.05) is 18.8 Å². The summed E-state index contributed by atoms with van der Waals surface area (Å²) in [4.78, 5) is 16.5. The lowest BCUT2D eigenvalue weighted by Crippen LogP contribution is -2.59. The largest absolute Gasteiger partial charge is 0.390 e. The third kappa shape index (κ3) is 6.71. The van der Waals surface area contributed by atoms with Gasteiger partial charge in [-0.05, 0) is 57.6 Å². The summed E-state index contributed by atoms with van der Waals surface area (Å²) in [6.45, 7) is 7.41. The molecule has 1 aliphatic heterocycles. The van der Waals surface area contributed by atoms with Crippen LogP contribution in [0.1, 0.15) is 52.9 Å². The van der Waals surface area contributed by atoms with Gasteiger partial charge in [0, 0.05) is 35.3 Å². The smallest absolute Gasteiger partial charge is 0.237 e. The van der Waals surface area contributed by atoms with Gasteiger partial charge >= 0.3 is 0 Å². The van der Waals surface area contributed by atoms with Crippen LogP contribution in [0.4, 0.5) is 0 Å². The van der Waals surface area contributed by atoms with Crippen molar-refractivity contribution >= 4 is 17.7 Å². The maximum atomic E-state index is 13.1. The number of amides is 1. The van der Waals surface area contributed by atoms with Crippen LogP contribution in [0.25, 0.3) is 0 Å². The van der Waals surface area contributed by atoms with E-state index in [1.165, 1.54) is 25.7 Å². The second-order valence-corrected chi connectivity index (χ2v) is 11.2. The third-order valence-electron chi connectivity index (χ3n) is 6.40. The molecule has 5 nitrogen and oxygen atoms in total. The van der Waals surface area contributed by atoms with E-state index in [4.69, 9.17) is 5.73 Å². The first-order valence-electron chi connectivity index (χ1n) is 11.4. The van der Waals surface area contributed by atoms with Crippen LogP contribution in [0.3, 0.4) is 0 Å². The maximum Gasteiger partial charge on any atom is 0.237 e. The average molecular weight is 434 g/mol. The summed E-state index contributed by atoms with van der Waals surface area (Å²) in [5, 5.41) is 14.0. The Kier molecular flexibility index (Phi) is 8.24. The van der Waals surface area contributed by atoms with Gasteiger partial charge in [0.1, 0.15) is 0 Å². The highest BCUT2D eigenvalue weighted by molar-refractivity contribution is 7.99.